The molecular formula is C16H18N2O. The molecule has 2 aromatic carbocycles. The SMILES string of the molecule is NCCNCC1=Cc2cccc3cccc(c23)C1O. The van der Waals surface area contributed by atoms with Crippen molar-refractivity contribution in [3.63, 3.8) is 0 Å². The lowest BCUT2D eigenvalue weighted by atomic mass is 9.87. The molecule has 4 N–H and O–H groups in total. The fraction of sp³-hybridized carbons (Fsp3) is 0.250. The average molecular weight is 254 g/mol. The second kappa shape index (κ2) is 5.13. The molecule has 0 aliphatic heterocycles. The lowest BCUT2D eigenvalue weighted by Gasteiger charge is -2.23. The fourth-order valence-electron chi connectivity index (χ4n) is 2.71. The maximum atomic E-state index is 10.5. The first-order chi connectivity index (χ1) is 9.31. The monoisotopic (exact) mass is 254 g/mol. The summed E-state index contributed by atoms with van der Waals surface area (Å²) in [7, 11) is 0. The Balaban J connectivity index is 2.03. The van der Waals surface area contributed by atoms with Gasteiger partial charge in [0.2, 0.25) is 0 Å². The van der Waals surface area contributed by atoms with E-state index in [1.165, 1.54) is 16.3 Å². The molecule has 0 saturated heterocycles. The molecule has 1 atom stereocenters. The lowest BCUT2D eigenvalue weighted by Crippen LogP contribution is -2.26. The van der Waals surface area contributed by atoms with Gasteiger partial charge in [0.15, 0.2) is 0 Å². The molecule has 0 radical (unpaired) electrons. The number of aliphatic hydroxyl groups is 1. The third-order valence-electron chi connectivity index (χ3n) is 3.61. The van der Waals surface area contributed by atoms with Crippen molar-refractivity contribution in [3.05, 3.63) is 53.1 Å². The van der Waals surface area contributed by atoms with Crippen LogP contribution in [-0.2, 0) is 0 Å². The lowest BCUT2D eigenvalue weighted by molar-refractivity contribution is 0.214. The summed E-state index contributed by atoms with van der Waals surface area (Å²) >= 11 is 0. The summed E-state index contributed by atoms with van der Waals surface area (Å²) in [6.45, 7) is 2.04. The maximum Gasteiger partial charge on any atom is 0.102 e. The molecule has 3 nitrogen and oxygen atoms in total. The number of aliphatic hydroxyl groups excluding tert-OH is 1. The van der Waals surface area contributed by atoms with Crippen molar-refractivity contribution in [2.45, 2.75) is 6.10 Å². The van der Waals surface area contributed by atoms with E-state index in [1.54, 1.807) is 0 Å². The van der Waals surface area contributed by atoms with Crippen LogP contribution in [0.2, 0.25) is 0 Å². The zero-order chi connectivity index (χ0) is 13.2. The van der Waals surface area contributed by atoms with Gasteiger partial charge in [0.1, 0.15) is 6.10 Å². The molecule has 19 heavy (non-hydrogen) atoms. The number of nitrogens with two attached hydrogens (primary N) is 1. The van der Waals surface area contributed by atoms with Crippen LogP contribution in [-0.4, -0.2) is 24.7 Å². The highest BCUT2D eigenvalue weighted by Gasteiger charge is 2.21. The van der Waals surface area contributed by atoms with E-state index in [0.29, 0.717) is 13.1 Å². The van der Waals surface area contributed by atoms with Crippen LogP contribution >= 0.6 is 0 Å². The Labute approximate surface area is 112 Å². The van der Waals surface area contributed by atoms with E-state index in [2.05, 4.69) is 35.7 Å². The first-order valence-electron chi connectivity index (χ1n) is 6.62. The van der Waals surface area contributed by atoms with E-state index in [4.69, 9.17) is 5.73 Å². The summed E-state index contributed by atoms with van der Waals surface area (Å²) in [5.41, 5.74) is 8.66. The summed E-state index contributed by atoms with van der Waals surface area (Å²) in [5.74, 6) is 0. The van der Waals surface area contributed by atoms with E-state index in [9.17, 15) is 5.11 Å². The molecule has 0 saturated carbocycles. The first kappa shape index (κ1) is 12.4. The maximum absolute atomic E-state index is 10.5. The van der Waals surface area contributed by atoms with Crippen LogP contribution in [0.5, 0.6) is 0 Å². The largest absolute Gasteiger partial charge is 0.384 e. The van der Waals surface area contributed by atoms with Gasteiger partial charge in [-0.15, -0.1) is 0 Å². The fourth-order valence-corrected chi connectivity index (χ4v) is 2.71. The third-order valence-corrected chi connectivity index (χ3v) is 3.61. The van der Waals surface area contributed by atoms with Crippen molar-refractivity contribution in [3.8, 4) is 0 Å². The van der Waals surface area contributed by atoms with Gasteiger partial charge in [0, 0.05) is 19.6 Å². The molecule has 1 unspecified atom stereocenters. The smallest absolute Gasteiger partial charge is 0.102 e. The van der Waals surface area contributed by atoms with Gasteiger partial charge in [-0.1, -0.05) is 42.5 Å². The molecule has 3 rings (SSSR count). The van der Waals surface area contributed by atoms with Crippen LogP contribution in [0.15, 0.2) is 42.0 Å². The van der Waals surface area contributed by atoms with E-state index in [0.717, 1.165) is 17.7 Å². The predicted octanol–water partition coefficient (Wildman–Crippen LogP) is 1.82. The number of hydrogen-bond donors (Lipinski definition) is 3. The van der Waals surface area contributed by atoms with Gasteiger partial charge >= 0.3 is 0 Å². The molecule has 3 heteroatoms. The Hall–Kier alpha value is -1.68. The summed E-state index contributed by atoms with van der Waals surface area (Å²) in [6, 6.07) is 12.3. The highest BCUT2D eigenvalue weighted by molar-refractivity contribution is 5.96. The number of rotatable bonds is 4. The van der Waals surface area contributed by atoms with E-state index >= 15 is 0 Å². The van der Waals surface area contributed by atoms with Crippen LogP contribution < -0.4 is 11.1 Å². The Morgan fingerprint density at radius 3 is 2.74 bits per heavy atom. The van der Waals surface area contributed by atoms with Crippen molar-refractivity contribution in [2.75, 3.05) is 19.6 Å². The van der Waals surface area contributed by atoms with Crippen LogP contribution in [0.25, 0.3) is 16.8 Å². The molecule has 0 fully saturated rings. The molecule has 0 bridgehead atoms. The summed E-state index contributed by atoms with van der Waals surface area (Å²) in [4.78, 5) is 0. The van der Waals surface area contributed by atoms with Crippen molar-refractivity contribution >= 4 is 16.8 Å². The number of hydrogen-bond acceptors (Lipinski definition) is 3. The van der Waals surface area contributed by atoms with Crippen LogP contribution in [0, 0.1) is 0 Å². The standard InChI is InChI=1S/C16H18N2O/c17-7-8-18-10-13-9-12-5-1-3-11-4-2-6-14(15(11)12)16(13)19/h1-6,9,16,18-19H,7-8,10,17H2. The molecule has 1 aliphatic rings. The van der Waals surface area contributed by atoms with Gasteiger partial charge in [-0.25, -0.2) is 0 Å². The normalized spacial score (nSPS) is 17.6. The van der Waals surface area contributed by atoms with Gasteiger partial charge < -0.3 is 16.2 Å². The van der Waals surface area contributed by atoms with Crippen molar-refractivity contribution in [2.24, 2.45) is 5.73 Å². The first-order valence-corrected chi connectivity index (χ1v) is 6.62. The van der Waals surface area contributed by atoms with Gasteiger partial charge in [-0.05, 0) is 27.5 Å². The highest BCUT2D eigenvalue weighted by Crippen LogP contribution is 2.36. The number of benzene rings is 2. The van der Waals surface area contributed by atoms with Gasteiger partial charge in [0.25, 0.3) is 0 Å². The van der Waals surface area contributed by atoms with E-state index in [-0.39, 0.29) is 0 Å². The van der Waals surface area contributed by atoms with Crippen LogP contribution in [0.1, 0.15) is 17.2 Å². The zero-order valence-corrected chi connectivity index (χ0v) is 10.8. The van der Waals surface area contributed by atoms with Crippen LogP contribution in [0.4, 0.5) is 0 Å². The van der Waals surface area contributed by atoms with Crippen molar-refractivity contribution in [1.29, 1.82) is 0 Å². The van der Waals surface area contributed by atoms with Crippen LogP contribution in [0.3, 0.4) is 0 Å². The topological polar surface area (TPSA) is 58.3 Å². The minimum atomic E-state index is -0.524. The minimum Gasteiger partial charge on any atom is -0.384 e. The Morgan fingerprint density at radius 1 is 1.16 bits per heavy atom. The molecule has 0 heterocycles. The second-order valence-electron chi connectivity index (χ2n) is 4.88. The Morgan fingerprint density at radius 2 is 1.95 bits per heavy atom. The van der Waals surface area contributed by atoms with Crippen molar-refractivity contribution in [1.82, 2.24) is 5.32 Å². The Bertz CT molecular complexity index is 628. The van der Waals surface area contributed by atoms with E-state index < -0.39 is 6.10 Å². The quantitative estimate of drug-likeness (QED) is 0.729. The Kier molecular flexibility index (Phi) is 3.34. The molecular weight excluding hydrogens is 236 g/mol. The minimum absolute atomic E-state index is 0.524. The molecule has 0 amide bonds. The zero-order valence-electron chi connectivity index (χ0n) is 10.8. The summed E-state index contributed by atoms with van der Waals surface area (Å²) in [5, 5.41) is 16.1. The second-order valence-corrected chi connectivity index (χ2v) is 4.88. The molecule has 0 aromatic heterocycles. The van der Waals surface area contributed by atoms with Gasteiger partial charge in [0.05, 0.1) is 0 Å². The number of nitrogens with one attached hydrogen (secondary N) is 1. The predicted molar refractivity (Wildman–Crippen MR) is 78.8 cm³/mol. The molecule has 1 aliphatic carbocycles. The third kappa shape index (κ3) is 2.16. The van der Waals surface area contributed by atoms with Gasteiger partial charge in [-0.3, -0.25) is 0 Å². The highest BCUT2D eigenvalue weighted by atomic mass is 16.3. The van der Waals surface area contributed by atoms with Gasteiger partial charge in [-0.2, -0.15) is 0 Å². The summed E-state index contributed by atoms with van der Waals surface area (Å²) in [6.07, 6.45) is 1.56. The van der Waals surface area contributed by atoms with Crippen molar-refractivity contribution < 1.29 is 5.11 Å². The molecule has 0 spiro atoms. The van der Waals surface area contributed by atoms with E-state index in [1.807, 2.05) is 12.1 Å². The molecule has 98 valence electrons. The average Bonchev–Trinajstić information content (AvgIpc) is 2.44. The molecule has 2 aromatic rings. The summed E-state index contributed by atoms with van der Waals surface area (Å²) < 4.78 is 0.